The van der Waals surface area contributed by atoms with Gasteiger partial charge in [-0.25, -0.2) is 0 Å². The van der Waals surface area contributed by atoms with E-state index in [1.807, 2.05) is 34.6 Å². The molecule has 0 bridgehead atoms. The quantitative estimate of drug-likeness (QED) is 0.801. The van der Waals surface area contributed by atoms with E-state index in [1.165, 1.54) is 6.92 Å². The average molecular weight is 242 g/mol. The molecule has 0 radical (unpaired) electrons. The van der Waals surface area contributed by atoms with Crippen molar-refractivity contribution in [3.63, 3.8) is 0 Å². The van der Waals surface area contributed by atoms with E-state index in [9.17, 15) is 9.59 Å². The molecule has 0 rings (SSSR count). The van der Waals surface area contributed by atoms with E-state index in [2.05, 4.69) is 5.32 Å². The monoisotopic (exact) mass is 242 g/mol. The third-order valence-corrected chi connectivity index (χ3v) is 2.77. The van der Waals surface area contributed by atoms with Crippen molar-refractivity contribution in [1.82, 2.24) is 10.2 Å². The second-order valence-corrected chi connectivity index (χ2v) is 5.47. The summed E-state index contributed by atoms with van der Waals surface area (Å²) in [5, 5.41) is 2.90. The predicted octanol–water partition coefficient (Wildman–Crippen LogP) is 1.94. The van der Waals surface area contributed by atoms with Gasteiger partial charge in [0.05, 0.1) is 0 Å². The molecule has 0 saturated heterocycles. The van der Waals surface area contributed by atoms with Crippen molar-refractivity contribution in [3.05, 3.63) is 0 Å². The van der Waals surface area contributed by atoms with Crippen molar-refractivity contribution < 1.29 is 9.59 Å². The highest BCUT2D eigenvalue weighted by Crippen LogP contribution is 2.13. The summed E-state index contributed by atoms with van der Waals surface area (Å²) in [6, 6.07) is 0.197. The van der Waals surface area contributed by atoms with Gasteiger partial charge in [0.15, 0.2) is 0 Å². The van der Waals surface area contributed by atoms with Gasteiger partial charge in [-0.2, -0.15) is 0 Å². The first-order valence-corrected chi connectivity index (χ1v) is 6.26. The number of nitrogens with zero attached hydrogens (tertiary/aromatic N) is 1. The summed E-state index contributed by atoms with van der Waals surface area (Å²) in [6.45, 7) is 11.9. The van der Waals surface area contributed by atoms with E-state index < -0.39 is 0 Å². The number of carbonyl (C=O) groups is 2. The van der Waals surface area contributed by atoms with Crippen molar-refractivity contribution in [1.29, 1.82) is 0 Å². The van der Waals surface area contributed by atoms with E-state index in [-0.39, 0.29) is 23.4 Å². The van der Waals surface area contributed by atoms with Crippen LogP contribution in [0.5, 0.6) is 0 Å². The molecule has 0 aromatic heterocycles. The normalized spacial score (nSPS) is 13.1. The Balaban J connectivity index is 4.24. The summed E-state index contributed by atoms with van der Waals surface area (Å²) in [7, 11) is 0. The maximum atomic E-state index is 11.6. The lowest BCUT2D eigenvalue weighted by Gasteiger charge is -2.34. The Morgan fingerprint density at radius 2 is 1.82 bits per heavy atom. The molecule has 1 N–H and O–H groups in total. The van der Waals surface area contributed by atoms with Crippen LogP contribution in [0.25, 0.3) is 0 Å². The summed E-state index contributed by atoms with van der Waals surface area (Å²) < 4.78 is 0. The Hall–Kier alpha value is -1.06. The fourth-order valence-electron chi connectivity index (χ4n) is 1.63. The number of hydrogen-bond donors (Lipinski definition) is 1. The number of carbonyl (C=O) groups excluding carboxylic acids is 2. The molecular weight excluding hydrogens is 216 g/mol. The van der Waals surface area contributed by atoms with Crippen molar-refractivity contribution in [2.45, 2.75) is 66.0 Å². The van der Waals surface area contributed by atoms with Gasteiger partial charge < -0.3 is 10.2 Å². The van der Waals surface area contributed by atoms with Crippen LogP contribution in [0.4, 0.5) is 0 Å². The molecular formula is C13H26N2O2. The van der Waals surface area contributed by atoms with Crippen LogP contribution in [0.15, 0.2) is 0 Å². The van der Waals surface area contributed by atoms with Crippen LogP contribution >= 0.6 is 0 Å². The zero-order valence-electron chi connectivity index (χ0n) is 12.0. The lowest BCUT2D eigenvalue weighted by atomic mass is 10.1. The van der Waals surface area contributed by atoms with Crippen molar-refractivity contribution in [2.24, 2.45) is 0 Å². The summed E-state index contributed by atoms with van der Waals surface area (Å²) >= 11 is 0. The summed E-state index contributed by atoms with van der Waals surface area (Å²) in [5.41, 5.74) is -0.234. The van der Waals surface area contributed by atoms with Crippen LogP contribution in [-0.2, 0) is 9.59 Å². The van der Waals surface area contributed by atoms with Crippen LogP contribution in [0.3, 0.4) is 0 Å². The SMILES string of the molecule is CCC(C)NC(=O)CCN(C(C)=O)C(C)(C)C. The van der Waals surface area contributed by atoms with Crippen LogP contribution in [0, 0.1) is 0 Å². The first-order valence-electron chi connectivity index (χ1n) is 6.26. The summed E-state index contributed by atoms with van der Waals surface area (Å²) in [5.74, 6) is 0.0173. The van der Waals surface area contributed by atoms with Crippen molar-refractivity contribution in [2.75, 3.05) is 6.54 Å². The lowest BCUT2D eigenvalue weighted by molar-refractivity contribution is -0.134. The van der Waals surface area contributed by atoms with Crippen LogP contribution in [0.2, 0.25) is 0 Å². The minimum Gasteiger partial charge on any atom is -0.354 e. The second kappa shape index (κ2) is 6.62. The average Bonchev–Trinajstić information content (AvgIpc) is 2.14. The molecule has 0 fully saturated rings. The predicted molar refractivity (Wildman–Crippen MR) is 69.7 cm³/mol. The molecule has 0 spiro atoms. The molecule has 0 saturated carbocycles. The van der Waals surface area contributed by atoms with Gasteiger partial charge in [-0.3, -0.25) is 9.59 Å². The zero-order chi connectivity index (χ0) is 13.6. The number of hydrogen-bond acceptors (Lipinski definition) is 2. The molecule has 0 aliphatic rings. The number of nitrogens with one attached hydrogen (secondary N) is 1. The van der Waals surface area contributed by atoms with Crippen molar-refractivity contribution in [3.8, 4) is 0 Å². The Morgan fingerprint density at radius 3 is 2.18 bits per heavy atom. The van der Waals surface area contributed by atoms with Gasteiger partial charge in [-0.15, -0.1) is 0 Å². The highest BCUT2D eigenvalue weighted by Gasteiger charge is 2.24. The number of rotatable bonds is 5. The third-order valence-electron chi connectivity index (χ3n) is 2.77. The molecule has 0 heterocycles. The molecule has 4 heteroatoms. The maximum absolute atomic E-state index is 11.6. The Bertz CT molecular complexity index is 269. The van der Waals surface area contributed by atoms with Crippen molar-refractivity contribution >= 4 is 11.8 Å². The Morgan fingerprint density at radius 1 is 1.29 bits per heavy atom. The fourth-order valence-corrected chi connectivity index (χ4v) is 1.63. The zero-order valence-corrected chi connectivity index (χ0v) is 12.0. The molecule has 1 atom stereocenters. The molecule has 17 heavy (non-hydrogen) atoms. The first kappa shape index (κ1) is 15.9. The van der Waals surface area contributed by atoms with Gasteiger partial charge >= 0.3 is 0 Å². The second-order valence-electron chi connectivity index (χ2n) is 5.47. The van der Waals surface area contributed by atoms with Gasteiger partial charge in [-0.05, 0) is 34.1 Å². The van der Waals surface area contributed by atoms with Gasteiger partial charge in [0.25, 0.3) is 0 Å². The smallest absolute Gasteiger partial charge is 0.221 e. The van der Waals surface area contributed by atoms with E-state index in [0.29, 0.717) is 13.0 Å². The molecule has 2 amide bonds. The summed E-state index contributed by atoms with van der Waals surface area (Å²) in [6.07, 6.45) is 1.28. The largest absolute Gasteiger partial charge is 0.354 e. The van der Waals surface area contributed by atoms with Crippen LogP contribution < -0.4 is 5.32 Å². The lowest BCUT2D eigenvalue weighted by Crippen LogP contribution is -2.46. The Kier molecular flexibility index (Phi) is 6.21. The van der Waals surface area contributed by atoms with E-state index >= 15 is 0 Å². The summed E-state index contributed by atoms with van der Waals surface area (Å²) in [4.78, 5) is 24.8. The Labute approximate surface area is 105 Å². The standard InChI is InChI=1S/C13H26N2O2/c1-7-10(2)14-12(17)8-9-15(11(3)16)13(4,5)6/h10H,7-9H2,1-6H3,(H,14,17). The van der Waals surface area contributed by atoms with Gasteiger partial charge in [0, 0.05) is 31.5 Å². The van der Waals surface area contributed by atoms with E-state index in [1.54, 1.807) is 4.90 Å². The maximum Gasteiger partial charge on any atom is 0.221 e. The van der Waals surface area contributed by atoms with Gasteiger partial charge in [0.1, 0.15) is 0 Å². The molecule has 0 aliphatic carbocycles. The molecule has 4 nitrogen and oxygen atoms in total. The van der Waals surface area contributed by atoms with E-state index in [0.717, 1.165) is 6.42 Å². The first-order chi connectivity index (χ1) is 7.68. The molecule has 0 aromatic carbocycles. The number of amides is 2. The molecule has 0 aromatic rings. The molecule has 0 aliphatic heterocycles. The fraction of sp³-hybridized carbons (Fsp3) is 0.846. The highest BCUT2D eigenvalue weighted by atomic mass is 16.2. The van der Waals surface area contributed by atoms with Gasteiger partial charge in [0.2, 0.25) is 11.8 Å². The molecule has 1 unspecified atom stereocenters. The third kappa shape index (κ3) is 6.29. The van der Waals surface area contributed by atoms with E-state index in [4.69, 9.17) is 0 Å². The van der Waals surface area contributed by atoms with Gasteiger partial charge in [-0.1, -0.05) is 6.92 Å². The van der Waals surface area contributed by atoms with Crippen LogP contribution in [-0.4, -0.2) is 34.8 Å². The topological polar surface area (TPSA) is 49.4 Å². The van der Waals surface area contributed by atoms with Crippen LogP contribution in [0.1, 0.15) is 54.4 Å². The minimum atomic E-state index is -0.234. The minimum absolute atomic E-state index is 0.00819. The highest BCUT2D eigenvalue weighted by molar-refractivity contribution is 5.78. The molecule has 100 valence electrons.